The van der Waals surface area contributed by atoms with Gasteiger partial charge in [0.25, 0.3) is 0 Å². The van der Waals surface area contributed by atoms with Gasteiger partial charge in [-0.2, -0.15) is 5.10 Å². The van der Waals surface area contributed by atoms with Crippen molar-refractivity contribution in [3.8, 4) is 0 Å². The highest BCUT2D eigenvalue weighted by Gasteiger charge is 2.10. The molecule has 86 valence electrons. The fourth-order valence-corrected chi connectivity index (χ4v) is 1.63. The van der Waals surface area contributed by atoms with Crippen LogP contribution in [0.25, 0.3) is 11.0 Å². The van der Waals surface area contributed by atoms with Gasteiger partial charge in [-0.15, -0.1) is 0 Å². The normalized spacial score (nSPS) is 10.9. The van der Waals surface area contributed by atoms with E-state index in [0.29, 0.717) is 16.7 Å². The zero-order chi connectivity index (χ0) is 11.8. The van der Waals surface area contributed by atoms with E-state index in [-0.39, 0.29) is 0 Å². The number of nitrogens with zero attached hydrogens (tertiary/aromatic N) is 4. The van der Waals surface area contributed by atoms with E-state index in [1.807, 2.05) is 19.3 Å². The predicted octanol–water partition coefficient (Wildman–Crippen LogP) is 1.28. The van der Waals surface area contributed by atoms with Gasteiger partial charge in [-0.05, 0) is 22.4 Å². The van der Waals surface area contributed by atoms with Crippen LogP contribution in [0.15, 0.2) is 29.2 Å². The second kappa shape index (κ2) is 3.48. The first-order valence-corrected chi connectivity index (χ1v) is 5.00. The molecule has 7 heteroatoms. The van der Waals surface area contributed by atoms with E-state index in [9.17, 15) is 0 Å². The number of hydrogen-bond acceptors (Lipinski definition) is 6. The number of benzene rings is 1. The van der Waals surface area contributed by atoms with Crippen molar-refractivity contribution >= 4 is 28.1 Å². The number of nitrogens with two attached hydrogens (primary N) is 1. The van der Waals surface area contributed by atoms with Crippen molar-refractivity contribution in [1.29, 1.82) is 0 Å². The van der Waals surface area contributed by atoms with Crippen molar-refractivity contribution < 1.29 is 4.63 Å². The third-order valence-corrected chi connectivity index (χ3v) is 2.43. The predicted molar refractivity (Wildman–Crippen MR) is 62.7 cm³/mol. The van der Waals surface area contributed by atoms with Crippen LogP contribution in [0.5, 0.6) is 0 Å². The number of anilines is 3. The number of nitrogen functional groups attached to an aromatic ring is 1. The first kappa shape index (κ1) is 9.64. The summed E-state index contributed by atoms with van der Waals surface area (Å²) in [6.07, 6.45) is 3.57. The van der Waals surface area contributed by atoms with Crippen LogP contribution in [0.1, 0.15) is 0 Å². The maximum Gasteiger partial charge on any atom is 0.160 e. The lowest BCUT2D eigenvalue weighted by atomic mass is 10.2. The third-order valence-electron chi connectivity index (χ3n) is 2.43. The maximum absolute atomic E-state index is 5.76. The molecule has 0 radical (unpaired) electrons. The molecule has 0 aliphatic rings. The number of nitrogens with one attached hydrogen (secondary N) is 1. The Morgan fingerprint density at radius 2 is 2.12 bits per heavy atom. The summed E-state index contributed by atoms with van der Waals surface area (Å²) in [4.78, 5) is 0. The summed E-state index contributed by atoms with van der Waals surface area (Å²) in [5.41, 5.74) is 9.10. The average molecular weight is 230 g/mol. The molecule has 3 aromatic rings. The molecule has 0 unspecified atom stereocenters. The second-order valence-electron chi connectivity index (χ2n) is 3.69. The Balaban J connectivity index is 2.06. The van der Waals surface area contributed by atoms with Crippen LogP contribution >= 0.6 is 0 Å². The quantitative estimate of drug-likeness (QED) is 0.644. The van der Waals surface area contributed by atoms with Crippen molar-refractivity contribution in [3.05, 3.63) is 24.5 Å². The van der Waals surface area contributed by atoms with Crippen molar-refractivity contribution in [1.82, 2.24) is 20.1 Å². The summed E-state index contributed by atoms with van der Waals surface area (Å²) in [6, 6.07) is 3.58. The standard InChI is InChI=1S/C10H10N6O/c1-16-5-6(4-12-16)13-8-3-2-7(11)9-10(8)15-17-14-9/h2-5,13H,11H2,1H3. The zero-order valence-corrected chi connectivity index (χ0v) is 9.08. The monoisotopic (exact) mass is 230 g/mol. The Hall–Kier alpha value is -2.57. The molecule has 0 saturated heterocycles. The molecule has 2 heterocycles. The second-order valence-corrected chi connectivity index (χ2v) is 3.69. The molecule has 0 bridgehead atoms. The van der Waals surface area contributed by atoms with Gasteiger partial charge >= 0.3 is 0 Å². The van der Waals surface area contributed by atoms with E-state index < -0.39 is 0 Å². The first-order valence-electron chi connectivity index (χ1n) is 5.00. The molecule has 0 spiro atoms. The molecular formula is C10H10N6O. The Morgan fingerprint density at radius 1 is 1.29 bits per heavy atom. The minimum absolute atomic E-state index is 0.540. The minimum Gasteiger partial charge on any atom is -0.397 e. The van der Waals surface area contributed by atoms with Crippen LogP contribution in [-0.4, -0.2) is 20.1 Å². The van der Waals surface area contributed by atoms with Gasteiger partial charge in [0, 0.05) is 13.2 Å². The van der Waals surface area contributed by atoms with Gasteiger partial charge in [-0.3, -0.25) is 4.68 Å². The number of hydrogen-bond donors (Lipinski definition) is 2. The summed E-state index contributed by atoms with van der Waals surface area (Å²) in [5.74, 6) is 0. The number of aromatic nitrogens is 4. The van der Waals surface area contributed by atoms with Crippen molar-refractivity contribution in [2.45, 2.75) is 0 Å². The summed E-state index contributed by atoms with van der Waals surface area (Å²) in [6.45, 7) is 0. The lowest BCUT2D eigenvalue weighted by Gasteiger charge is -2.03. The van der Waals surface area contributed by atoms with Gasteiger partial charge in [0.15, 0.2) is 11.0 Å². The fourth-order valence-electron chi connectivity index (χ4n) is 1.63. The Morgan fingerprint density at radius 3 is 2.88 bits per heavy atom. The lowest BCUT2D eigenvalue weighted by molar-refractivity contribution is 0.316. The van der Waals surface area contributed by atoms with Crippen molar-refractivity contribution in [3.63, 3.8) is 0 Å². The van der Waals surface area contributed by atoms with Crippen LogP contribution in [0, 0.1) is 0 Å². The van der Waals surface area contributed by atoms with Gasteiger partial charge in [-0.1, -0.05) is 0 Å². The molecule has 0 atom stereocenters. The van der Waals surface area contributed by atoms with E-state index >= 15 is 0 Å². The van der Waals surface area contributed by atoms with Gasteiger partial charge in [0.2, 0.25) is 0 Å². The van der Waals surface area contributed by atoms with E-state index in [0.717, 1.165) is 11.4 Å². The molecular weight excluding hydrogens is 220 g/mol. The summed E-state index contributed by atoms with van der Waals surface area (Å²) in [5, 5.41) is 14.8. The molecule has 3 rings (SSSR count). The summed E-state index contributed by atoms with van der Waals surface area (Å²) >= 11 is 0. The lowest BCUT2D eigenvalue weighted by Crippen LogP contribution is -1.93. The Labute approximate surface area is 96.2 Å². The number of aryl methyl sites for hydroxylation is 1. The van der Waals surface area contributed by atoms with E-state index in [1.165, 1.54) is 0 Å². The van der Waals surface area contributed by atoms with Gasteiger partial charge in [-0.25, -0.2) is 4.63 Å². The van der Waals surface area contributed by atoms with Crippen LogP contribution in [-0.2, 0) is 7.05 Å². The molecule has 1 aromatic carbocycles. The molecule has 0 fully saturated rings. The smallest absolute Gasteiger partial charge is 0.160 e. The highest BCUT2D eigenvalue weighted by molar-refractivity contribution is 5.96. The summed E-state index contributed by atoms with van der Waals surface area (Å²) in [7, 11) is 1.85. The van der Waals surface area contributed by atoms with Gasteiger partial charge in [0.05, 0.1) is 23.3 Å². The fraction of sp³-hybridized carbons (Fsp3) is 0.100. The minimum atomic E-state index is 0.540. The maximum atomic E-state index is 5.76. The molecule has 3 N–H and O–H groups in total. The van der Waals surface area contributed by atoms with Gasteiger partial charge < -0.3 is 11.1 Å². The highest BCUT2D eigenvalue weighted by atomic mass is 16.6. The van der Waals surface area contributed by atoms with Crippen LogP contribution in [0.2, 0.25) is 0 Å². The van der Waals surface area contributed by atoms with Crippen LogP contribution < -0.4 is 11.1 Å². The number of rotatable bonds is 2. The van der Waals surface area contributed by atoms with Crippen LogP contribution in [0.4, 0.5) is 17.1 Å². The molecule has 2 aromatic heterocycles. The molecule has 0 aliphatic heterocycles. The largest absolute Gasteiger partial charge is 0.397 e. The average Bonchev–Trinajstić information content (AvgIpc) is 2.92. The van der Waals surface area contributed by atoms with Gasteiger partial charge in [0.1, 0.15) is 0 Å². The van der Waals surface area contributed by atoms with E-state index in [2.05, 4.69) is 25.4 Å². The molecule has 17 heavy (non-hydrogen) atoms. The first-order chi connectivity index (χ1) is 8.24. The van der Waals surface area contributed by atoms with E-state index in [1.54, 1.807) is 16.9 Å². The van der Waals surface area contributed by atoms with Crippen LogP contribution in [0.3, 0.4) is 0 Å². The molecule has 0 saturated carbocycles. The molecule has 0 amide bonds. The van der Waals surface area contributed by atoms with Crippen molar-refractivity contribution in [2.24, 2.45) is 7.05 Å². The summed E-state index contributed by atoms with van der Waals surface area (Å²) < 4.78 is 6.39. The number of fused-ring (bicyclic) bond motifs is 1. The third kappa shape index (κ3) is 1.57. The highest BCUT2D eigenvalue weighted by Crippen LogP contribution is 2.27. The SMILES string of the molecule is Cn1cc(Nc2ccc(N)c3nonc23)cn1. The zero-order valence-electron chi connectivity index (χ0n) is 9.08. The molecule has 7 nitrogen and oxygen atoms in total. The Bertz CT molecular complexity index is 670. The molecule has 0 aliphatic carbocycles. The topological polar surface area (TPSA) is 94.8 Å². The van der Waals surface area contributed by atoms with E-state index in [4.69, 9.17) is 5.73 Å². The van der Waals surface area contributed by atoms with Crippen molar-refractivity contribution in [2.75, 3.05) is 11.1 Å². The Kier molecular flexibility index (Phi) is 1.97.